The number of anilines is 1. The van der Waals surface area contributed by atoms with Gasteiger partial charge in [-0.3, -0.25) is 9.36 Å². The number of aliphatic hydroxyl groups is 1. The molecule has 4 aromatic rings. The Kier molecular flexibility index (Phi) is 5.45. The first-order chi connectivity index (χ1) is 15.5. The number of benzene rings is 1. The quantitative estimate of drug-likeness (QED) is 0.503. The topological polar surface area (TPSA) is 93.7 Å². The van der Waals surface area contributed by atoms with Gasteiger partial charge in [0, 0.05) is 61.0 Å². The Labute approximate surface area is 187 Å². The van der Waals surface area contributed by atoms with Crippen molar-refractivity contribution in [2.24, 2.45) is 14.1 Å². The number of nitrogens with one attached hydrogen (secondary N) is 1. The summed E-state index contributed by atoms with van der Waals surface area (Å²) in [6.45, 7) is 0. The molecule has 1 aliphatic carbocycles. The van der Waals surface area contributed by atoms with Crippen LogP contribution in [0.2, 0.25) is 0 Å². The molecule has 3 heterocycles. The minimum Gasteiger partial charge on any atom is -0.393 e. The SMILES string of the molecule is Cn1cc(-c2cccc(-c3ncc(-c4cnn(C)c4)c(N[C@H]4CCC[C@@H](O)C4)n3)c2)cn1. The van der Waals surface area contributed by atoms with Gasteiger partial charge in [-0.2, -0.15) is 10.2 Å². The molecule has 0 radical (unpaired) electrons. The summed E-state index contributed by atoms with van der Waals surface area (Å²) in [5.41, 5.74) is 4.93. The lowest BCUT2D eigenvalue weighted by Crippen LogP contribution is -2.30. The van der Waals surface area contributed by atoms with Crippen molar-refractivity contribution in [1.29, 1.82) is 0 Å². The van der Waals surface area contributed by atoms with E-state index in [0.29, 0.717) is 5.82 Å². The van der Waals surface area contributed by atoms with Crippen molar-refractivity contribution in [3.05, 3.63) is 55.2 Å². The van der Waals surface area contributed by atoms with Crippen LogP contribution in [0.1, 0.15) is 25.7 Å². The number of aromatic nitrogens is 6. The molecule has 8 heteroatoms. The largest absolute Gasteiger partial charge is 0.393 e. The third kappa shape index (κ3) is 4.27. The number of aryl methyl sites for hydroxylation is 2. The van der Waals surface area contributed by atoms with Gasteiger partial charge in [0.25, 0.3) is 0 Å². The van der Waals surface area contributed by atoms with Gasteiger partial charge in [-0.1, -0.05) is 18.2 Å². The summed E-state index contributed by atoms with van der Waals surface area (Å²) in [5, 5.41) is 22.3. The zero-order chi connectivity index (χ0) is 22.1. The molecule has 0 aliphatic heterocycles. The minimum atomic E-state index is -0.263. The van der Waals surface area contributed by atoms with Crippen LogP contribution in [0.3, 0.4) is 0 Å². The van der Waals surface area contributed by atoms with Crippen LogP contribution in [-0.2, 0) is 14.1 Å². The van der Waals surface area contributed by atoms with Crippen LogP contribution in [0, 0.1) is 0 Å². The van der Waals surface area contributed by atoms with E-state index < -0.39 is 0 Å². The second-order valence-electron chi connectivity index (χ2n) is 8.50. The third-order valence-electron chi connectivity index (χ3n) is 5.95. The molecule has 1 fully saturated rings. The van der Waals surface area contributed by atoms with E-state index in [2.05, 4.69) is 32.6 Å². The van der Waals surface area contributed by atoms with Crippen LogP contribution < -0.4 is 5.32 Å². The Morgan fingerprint density at radius 3 is 2.41 bits per heavy atom. The predicted molar refractivity (Wildman–Crippen MR) is 124 cm³/mol. The van der Waals surface area contributed by atoms with E-state index >= 15 is 0 Å². The Morgan fingerprint density at radius 1 is 0.938 bits per heavy atom. The van der Waals surface area contributed by atoms with E-state index in [1.807, 2.05) is 57.2 Å². The molecule has 32 heavy (non-hydrogen) atoms. The van der Waals surface area contributed by atoms with E-state index in [4.69, 9.17) is 4.98 Å². The average Bonchev–Trinajstić information content (AvgIpc) is 3.42. The monoisotopic (exact) mass is 429 g/mol. The lowest BCUT2D eigenvalue weighted by Gasteiger charge is -2.27. The molecule has 0 spiro atoms. The van der Waals surface area contributed by atoms with Crippen LogP contribution in [0.5, 0.6) is 0 Å². The van der Waals surface area contributed by atoms with Crippen molar-refractivity contribution in [3.8, 4) is 33.6 Å². The molecule has 0 amide bonds. The molecule has 0 saturated heterocycles. The van der Waals surface area contributed by atoms with E-state index in [9.17, 15) is 5.11 Å². The number of hydrogen-bond donors (Lipinski definition) is 2. The van der Waals surface area contributed by atoms with Crippen LogP contribution >= 0.6 is 0 Å². The highest BCUT2D eigenvalue weighted by molar-refractivity contribution is 5.76. The lowest BCUT2D eigenvalue weighted by atomic mass is 9.93. The fourth-order valence-corrected chi connectivity index (χ4v) is 4.30. The van der Waals surface area contributed by atoms with Gasteiger partial charge >= 0.3 is 0 Å². The summed E-state index contributed by atoms with van der Waals surface area (Å²) in [6.07, 6.45) is 12.8. The first-order valence-electron chi connectivity index (χ1n) is 11.0. The third-order valence-corrected chi connectivity index (χ3v) is 5.95. The van der Waals surface area contributed by atoms with Crippen molar-refractivity contribution in [1.82, 2.24) is 29.5 Å². The Morgan fingerprint density at radius 2 is 1.69 bits per heavy atom. The second kappa shape index (κ2) is 8.55. The molecular weight excluding hydrogens is 402 g/mol. The maximum Gasteiger partial charge on any atom is 0.161 e. The van der Waals surface area contributed by atoms with Gasteiger partial charge in [0.2, 0.25) is 0 Å². The number of hydrogen-bond acceptors (Lipinski definition) is 6. The lowest BCUT2D eigenvalue weighted by molar-refractivity contribution is 0.124. The van der Waals surface area contributed by atoms with Gasteiger partial charge < -0.3 is 10.4 Å². The van der Waals surface area contributed by atoms with Gasteiger partial charge in [-0.25, -0.2) is 9.97 Å². The second-order valence-corrected chi connectivity index (χ2v) is 8.50. The first kappa shape index (κ1) is 20.4. The number of rotatable bonds is 5. The van der Waals surface area contributed by atoms with E-state index in [1.165, 1.54) is 0 Å². The highest BCUT2D eigenvalue weighted by Crippen LogP contribution is 2.31. The maximum atomic E-state index is 10.1. The molecular formula is C24H27N7O. The molecule has 1 aliphatic rings. The van der Waals surface area contributed by atoms with Gasteiger partial charge in [-0.05, 0) is 37.3 Å². The van der Waals surface area contributed by atoms with Crippen molar-refractivity contribution in [2.75, 3.05) is 5.32 Å². The standard InChI is InChI=1S/C24H27N7O/c1-30-14-18(11-26-30)16-5-3-6-17(9-16)23-25-13-22(19-12-27-31(2)15-19)24(29-23)28-20-7-4-8-21(32)10-20/h3,5-6,9,11-15,20-21,32H,4,7-8,10H2,1-2H3,(H,25,28,29)/t20-,21+/m0/s1. The Hall–Kier alpha value is -3.52. The summed E-state index contributed by atoms with van der Waals surface area (Å²) < 4.78 is 3.57. The fourth-order valence-electron chi connectivity index (χ4n) is 4.30. The minimum absolute atomic E-state index is 0.179. The summed E-state index contributed by atoms with van der Waals surface area (Å²) >= 11 is 0. The zero-order valence-electron chi connectivity index (χ0n) is 18.3. The summed E-state index contributed by atoms with van der Waals surface area (Å²) in [5.74, 6) is 1.43. The number of nitrogens with zero attached hydrogens (tertiary/aromatic N) is 6. The highest BCUT2D eigenvalue weighted by Gasteiger charge is 2.22. The molecule has 2 N–H and O–H groups in total. The smallest absolute Gasteiger partial charge is 0.161 e. The van der Waals surface area contributed by atoms with Crippen molar-refractivity contribution in [2.45, 2.75) is 37.8 Å². The van der Waals surface area contributed by atoms with Crippen molar-refractivity contribution < 1.29 is 5.11 Å². The van der Waals surface area contributed by atoms with Gasteiger partial charge in [0.1, 0.15) is 5.82 Å². The first-order valence-corrected chi connectivity index (χ1v) is 11.0. The normalized spacial score (nSPS) is 18.6. The van der Waals surface area contributed by atoms with Gasteiger partial charge in [0.05, 0.1) is 18.5 Å². The van der Waals surface area contributed by atoms with Crippen molar-refractivity contribution in [3.63, 3.8) is 0 Å². The van der Waals surface area contributed by atoms with Crippen LogP contribution in [0.25, 0.3) is 33.6 Å². The highest BCUT2D eigenvalue weighted by atomic mass is 16.3. The van der Waals surface area contributed by atoms with E-state index in [0.717, 1.165) is 59.3 Å². The molecule has 0 bridgehead atoms. The summed E-state index contributed by atoms with van der Waals surface area (Å²) in [7, 11) is 3.81. The molecule has 8 nitrogen and oxygen atoms in total. The van der Waals surface area contributed by atoms with Crippen LogP contribution in [0.15, 0.2) is 55.2 Å². The number of aliphatic hydroxyl groups excluding tert-OH is 1. The molecule has 1 aromatic carbocycles. The Bertz CT molecular complexity index is 1230. The summed E-state index contributed by atoms with van der Waals surface area (Å²) in [4.78, 5) is 9.61. The summed E-state index contributed by atoms with van der Waals surface area (Å²) in [6, 6.07) is 8.36. The van der Waals surface area contributed by atoms with Crippen LogP contribution in [-0.4, -0.2) is 46.8 Å². The van der Waals surface area contributed by atoms with E-state index in [1.54, 1.807) is 9.36 Å². The molecule has 0 unspecified atom stereocenters. The zero-order valence-corrected chi connectivity index (χ0v) is 18.3. The molecule has 1 saturated carbocycles. The molecule has 2 atom stereocenters. The molecule has 5 rings (SSSR count). The Balaban J connectivity index is 1.52. The predicted octanol–water partition coefficient (Wildman–Crippen LogP) is 3.66. The molecule has 3 aromatic heterocycles. The molecule has 164 valence electrons. The average molecular weight is 430 g/mol. The fraction of sp³-hybridized carbons (Fsp3) is 0.333. The van der Waals surface area contributed by atoms with Crippen molar-refractivity contribution >= 4 is 5.82 Å². The van der Waals surface area contributed by atoms with Crippen LogP contribution in [0.4, 0.5) is 5.82 Å². The van der Waals surface area contributed by atoms with E-state index in [-0.39, 0.29) is 12.1 Å². The van der Waals surface area contributed by atoms with Gasteiger partial charge in [0.15, 0.2) is 5.82 Å². The van der Waals surface area contributed by atoms with Gasteiger partial charge in [-0.15, -0.1) is 0 Å². The maximum absolute atomic E-state index is 10.1.